The number of pyridine rings is 1. The topological polar surface area (TPSA) is 66.0 Å². The molecule has 1 spiro atoms. The van der Waals surface area contributed by atoms with Gasteiger partial charge in [-0.25, -0.2) is 4.79 Å². The summed E-state index contributed by atoms with van der Waals surface area (Å²) in [6, 6.07) is 8.73. The first kappa shape index (κ1) is 32.0. The molecule has 1 aromatic heterocycles. The number of piperidine rings is 2. The summed E-state index contributed by atoms with van der Waals surface area (Å²) in [5, 5.41) is 0. The maximum atomic E-state index is 13.7. The fourth-order valence-electron chi connectivity index (χ4n) is 8.84. The lowest BCUT2D eigenvalue weighted by molar-refractivity contribution is -0.127. The molecule has 6 rings (SSSR count). The summed E-state index contributed by atoms with van der Waals surface area (Å²) in [7, 11) is 0. The van der Waals surface area contributed by atoms with Gasteiger partial charge < -0.3 is 14.5 Å². The molecule has 1 atom stereocenters. The highest BCUT2D eigenvalue weighted by atomic mass is 16.6. The Hall–Kier alpha value is -2.93. The highest BCUT2D eigenvalue weighted by Gasteiger charge is 2.50. The van der Waals surface area contributed by atoms with Gasteiger partial charge in [0.2, 0.25) is 0 Å². The monoisotopic (exact) mass is 614 g/mol. The van der Waals surface area contributed by atoms with Crippen LogP contribution in [0.4, 0.5) is 4.79 Å². The van der Waals surface area contributed by atoms with Crippen LogP contribution in [-0.4, -0.2) is 82.6 Å². The molecule has 1 saturated carbocycles. The summed E-state index contributed by atoms with van der Waals surface area (Å²) in [6.45, 7) is 11.7. The van der Waals surface area contributed by atoms with E-state index in [1.807, 2.05) is 12.3 Å². The molecule has 0 radical (unpaired) electrons. The van der Waals surface area contributed by atoms with Crippen LogP contribution in [0.25, 0.3) is 11.1 Å². The van der Waals surface area contributed by atoms with Gasteiger partial charge in [0.25, 0.3) is 5.91 Å². The third kappa shape index (κ3) is 7.08. The number of hydrogen-bond donors (Lipinski definition) is 0. The Kier molecular flexibility index (Phi) is 10.1. The number of carbonyl (C=O) groups is 2. The van der Waals surface area contributed by atoms with Crippen LogP contribution >= 0.6 is 0 Å². The van der Waals surface area contributed by atoms with E-state index in [2.05, 4.69) is 58.7 Å². The summed E-state index contributed by atoms with van der Waals surface area (Å²) in [5.74, 6) is 1.23. The van der Waals surface area contributed by atoms with Crippen molar-refractivity contribution < 1.29 is 14.3 Å². The van der Waals surface area contributed by atoms with Gasteiger partial charge in [-0.05, 0) is 74.6 Å². The van der Waals surface area contributed by atoms with E-state index in [1.54, 1.807) is 6.20 Å². The number of nitrogens with zero attached hydrogens (tertiary/aromatic N) is 4. The maximum absolute atomic E-state index is 13.7. The second-order valence-electron chi connectivity index (χ2n) is 14.5. The van der Waals surface area contributed by atoms with Crippen molar-refractivity contribution in [2.75, 3.05) is 39.3 Å². The number of rotatable bonds is 8. The minimum Gasteiger partial charge on any atom is -0.442 e. The second-order valence-corrected chi connectivity index (χ2v) is 14.5. The van der Waals surface area contributed by atoms with Crippen molar-refractivity contribution in [1.29, 1.82) is 0 Å². The first-order valence-electron chi connectivity index (χ1n) is 17.9. The molecule has 45 heavy (non-hydrogen) atoms. The van der Waals surface area contributed by atoms with Crippen molar-refractivity contribution in [2.24, 2.45) is 11.8 Å². The highest BCUT2D eigenvalue weighted by Crippen LogP contribution is 2.42. The van der Waals surface area contributed by atoms with E-state index < -0.39 is 0 Å². The standard InChI is InChI=1S/C38H54N4O3/c1-4-5-13-33-27-42(26-30-10-7-6-8-11-30)37(44)45-38(33)16-21-40(22-17-38)34-14-19-41(20-15-34)36(43)35-28(2)23-32(24-29(35)3)31-12-9-18-39-25-31/h9,12,18,23-25,30,33-34H,4-8,10-11,13-17,19-22,26-27H2,1-3H3. The van der Waals surface area contributed by atoms with Gasteiger partial charge in [-0.2, -0.15) is 0 Å². The van der Waals surface area contributed by atoms with Gasteiger partial charge in [0.1, 0.15) is 5.60 Å². The summed E-state index contributed by atoms with van der Waals surface area (Å²) in [6.07, 6.45) is 17.5. The van der Waals surface area contributed by atoms with Crippen LogP contribution in [0, 0.1) is 25.7 Å². The molecule has 1 unspecified atom stereocenters. The number of ether oxygens (including phenoxy) is 1. The van der Waals surface area contributed by atoms with Gasteiger partial charge in [0.05, 0.1) is 0 Å². The molecule has 7 heteroatoms. The fraction of sp³-hybridized carbons (Fsp3) is 0.658. The summed E-state index contributed by atoms with van der Waals surface area (Å²) >= 11 is 0. The Bertz CT molecular complexity index is 1280. The Morgan fingerprint density at radius 2 is 1.69 bits per heavy atom. The number of likely N-dealkylation sites (tertiary alicyclic amines) is 2. The number of aromatic nitrogens is 1. The third-order valence-electron chi connectivity index (χ3n) is 11.5. The molecule has 1 aliphatic carbocycles. The zero-order valence-electron chi connectivity index (χ0n) is 27.9. The predicted molar refractivity (Wildman–Crippen MR) is 179 cm³/mol. The van der Waals surface area contributed by atoms with Gasteiger partial charge in [0, 0.05) is 87.6 Å². The molecule has 4 aliphatic rings. The molecule has 4 fully saturated rings. The van der Waals surface area contributed by atoms with E-state index in [0.717, 1.165) is 99.2 Å². The molecule has 3 aliphatic heterocycles. The lowest BCUT2D eigenvalue weighted by Crippen LogP contribution is -2.61. The molecule has 0 bridgehead atoms. The molecule has 244 valence electrons. The van der Waals surface area contributed by atoms with E-state index in [9.17, 15) is 9.59 Å². The molecule has 2 amide bonds. The number of carbonyl (C=O) groups excluding carboxylic acids is 2. The molecule has 1 aromatic carbocycles. The summed E-state index contributed by atoms with van der Waals surface area (Å²) in [5.41, 5.74) is 4.77. The van der Waals surface area contributed by atoms with Crippen molar-refractivity contribution in [2.45, 2.75) is 109 Å². The highest BCUT2D eigenvalue weighted by molar-refractivity contribution is 5.98. The average Bonchev–Trinajstić information content (AvgIpc) is 3.06. The summed E-state index contributed by atoms with van der Waals surface area (Å²) in [4.78, 5) is 38.1. The maximum Gasteiger partial charge on any atom is 0.410 e. The smallest absolute Gasteiger partial charge is 0.410 e. The number of benzene rings is 1. The van der Waals surface area contributed by atoms with E-state index in [4.69, 9.17) is 4.74 Å². The molecule has 0 N–H and O–H groups in total. The van der Waals surface area contributed by atoms with Crippen LogP contribution in [-0.2, 0) is 4.74 Å². The lowest BCUT2D eigenvalue weighted by atomic mass is 9.75. The SMILES string of the molecule is CCCCC1CN(CC2CCCCC2)C(=O)OC12CCN(C1CCN(C(=O)c3c(C)cc(-c4cccnc4)cc3C)CC1)CC2. The van der Waals surface area contributed by atoms with Crippen molar-refractivity contribution in [3.05, 3.63) is 53.3 Å². The van der Waals surface area contributed by atoms with Crippen molar-refractivity contribution in [3.8, 4) is 11.1 Å². The fourth-order valence-corrected chi connectivity index (χ4v) is 8.84. The Morgan fingerprint density at radius 1 is 0.978 bits per heavy atom. The van der Waals surface area contributed by atoms with Crippen LogP contribution < -0.4 is 0 Å². The van der Waals surface area contributed by atoms with Crippen molar-refractivity contribution >= 4 is 12.0 Å². The largest absolute Gasteiger partial charge is 0.442 e. The van der Waals surface area contributed by atoms with Gasteiger partial charge in [-0.15, -0.1) is 0 Å². The minimum absolute atomic E-state index is 0.0624. The van der Waals surface area contributed by atoms with E-state index >= 15 is 0 Å². The number of amides is 2. The average molecular weight is 615 g/mol. The quantitative estimate of drug-likeness (QED) is 0.306. The molecule has 7 nitrogen and oxygen atoms in total. The number of hydrogen-bond acceptors (Lipinski definition) is 5. The first-order valence-corrected chi connectivity index (χ1v) is 17.9. The van der Waals surface area contributed by atoms with Crippen LogP contribution in [0.15, 0.2) is 36.7 Å². The minimum atomic E-state index is -0.306. The van der Waals surface area contributed by atoms with Gasteiger partial charge >= 0.3 is 6.09 Å². The first-order chi connectivity index (χ1) is 21.9. The lowest BCUT2D eigenvalue weighted by Gasteiger charge is -2.52. The van der Waals surface area contributed by atoms with Crippen LogP contribution in [0.2, 0.25) is 0 Å². The van der Waals surface area contributed by atoms with Gasteiger partial charge in [-0.1, -0.05) is 57.2 Å². The van der Waals surface area contributed by atoms with Crippen LogP contribution in [0.1, 0.15) is 105 Å². The second kappa shape index (κ2) is 14.2. The molecule has 2 aromatic rings. The zero-order valence-corrected chi connectivity index (χ0v) is 27.9. The Morgan fingerprint density at radius 3 is 2.33 bits per heavy atom. The van der Waals surface area contributed by atoms with E-state index in [0.29, 0.717) is 17.9 Å². The van der Waals surface area contributed by atoms with Crippen molar-refractivity contribution in [3.63, 3.8) is 0 Å². The normalized spacial score (nSPS) is 23.4. The van der Waals surface area contributed by atoms with Crippen LogP contribution in [0.3, 0.4) is 0 Å². The number of aryl methyl sites for hydroxylation is 2. The van der Waals surface area contributed by atoms with Gasteiger partial charge in [-0.3, -0.25) is 14.7 Å². The Labute approximate surface area is 270 Å². The molecule has 3 saturated heterocycles. The zero-order chi connectivity index (χ0) is 31.4. The van der Waals surface area contributed by atoms with E-state index in [-0.39, 0.29) is 17.6 Å². The Balaban J connectivity index is 1.04. The number of unbranched alkanes of at least 4 members (excludes halogenated alkanes) is 1. The van der Waals surface area contributed by atoms with Gasteiger partial charge in [0.15, 0.2) is 0 Å². The molecule has 4 heterocycles. The van der Waals surface area contributed by atoms with Crippen LogP contribution in [0.5, 0.6) is 0 Å². The predicted octanol–water partition coefficient (Wildman–Crippen LogP) is 7.64. The third-order valence-corrected chi connectivity index (χ3v) is 11.5. The molecular formula is C38H54N4O3. The molecular weight excluding hydrogens is 560 g/mol. The van der Waals surface area contributed by atoms with Crippen molar-refractivity contribution in [1.82, 2.24) is 19.7 Å². The summed E-state index contributed by atoms with van der Waals surface area (Å²) < 4.78 is 6.47. The van der Waals surface area contributed by atoms with E-state index in [1.165, 1.54) is 44.9 Å².